The van der Waals surface area contributed by atoms with Gasteiger partial charge in [0.1, 0.15) is 6.04 Å². The Morgan fingerprint density at radius 1 is 1.06 bits per heavy atom. The first kappa shape index (κ1) is 23.6. The summed E-state index contributed by atoms with van der Waals surface area (Å²) in [6.45, 7) is 6.03. The second-order valence-electron chi connectivity index (χ2n) is 8.48. The van der Waals surface area contributed by atoms with Crippen molar-refractivity contribution in [3.8, 4) is 0 Å². The van der Waals surface area contributed by atoms with Crippen molar-refractivity contribution in [3.63, 3.8) is 0 Å². The lowest BCUT2D eigenvalue weighted by Crippen LogP contribution is -2.50. The molecule has 1 fully saturated rings. The van der Waals surface area contributed by atoms with Crippen molar-refractivity contribution < 1.29 is 9.59 Å². The molecule has 0 saturated heterocycles. The predicted molar refractivity (Wildman–Crippen MR) is 126 cm³/mol. The number of benzene rings is 2. The van der Waals surface area contributed by atoms with E-state index in [-0.39, 0.29) is 30.8 Å². The van der Waals surface area contributed by atoms with Crippen LogP contribution in [0, 0.1) is 13.8 Å². The van der Waals surface area contributed by atoms with E-state index in [1.807, 2.05) is 32.0 Å². The third-order valence-corrected chi connectivity index (χ3v) is 6.89. The van der Waals surface area contributed by atoms with Crippen LogP contribution in [0.15, 0.2) is 36.4 Å². The van der Waals surface area contributed by atoms with E-state index < -0.39 is 6.04 Å². The van der Waals surface area contributed by atoms with Crippen molar-refractivity contribution >= 4 is 35.0 Å². The maximum absolute atomic E-state index is 13.4. The summed E-state index contributed by atoms with van der Waals surface area (Å²) in [5, 5.41) is 4.08. The predicted octanol–water partition coefficient (Wildman–Crippen LogP) is 5.63. The van der Waals surface area contributed by atoms with E-state index >= 15 is 0 Å². The van der Waals surface area contributed by atoms with Crippen LogP contribution in [0.3, 0.4) is 0 Å². The lowest BCUT2D eigenvalue weighted by molar-refractivity contribution is -0.140. The van der Waals surface area contributed by atoms with Gasteiger partial charge in [0, 0.05) is 28.2 Å². The normalized spacial score (nSPS) is 15.0. The molecule has 2 amide bonds. The van der Waals surface area contributed by atoms with E-state index in [4.69, 9.17) is 23.2 Å². The lowest BCUT2D eigenvalue weighted by atomic mass is 10.0. The Balaban J connectivity index is 1.83. The van der Waals surface area contributed by atoms with Gasteiger partial charge in [0.2, 0.25) is 11.8 Å². The van der Waals surface area contributed by atoms with Crippen LogP contribution in [0.2, 0.25) is 10.0 Å². The summed E-state index contributed by atoms with van der Waals surface area (Å²) >= 11 is 12.8. The van der Waals surface area contributed by atoms with Gasteiger partial charge >= 0.3 is 0 Å². The molecule has 3 rings (SSSR count). The van der Waals surface area contributed by atoms with Crippen LogP contribution in [0.5, 0.6) is 0 Å². The van der Waals surface area contributed by atoms with Crippen LogP contribution in [-0.4, -0.2) is 28.8 Å². The minimum atomic E-state index is -0.632. The number of nitrogens with one attached hydrogen (secondary N) is 1. The summed E-state index contributed by atoms with van der Waals surface area (Å²) in [4.78, 5) is 28.0. The highest BCUT2D eigenvalue weighted by molar-refractivity contribution is 6.36. The highest BCUT2D eigenvalue weighted by Gasteiger charge is 2.29. The third-order valence-electron chi connectivity index (χ3n) is 6.19. The zero-order chi connectivity index (χ0) is 22.5. The number of aryl methyl sites for hydroxylation is 2. The third kappa shape index (κ3) is 6.02. The largest absolute Gasteiger partial charge is 0.352 e. The summed E-state index contributed by atoms with van der Waals surface area (Å²) in [6.07, 6.45) is 4.45. The summed E-state index contributed by atoms with van der Waals surface area (Å²) in [5.41, 5.74) is 3.89. The minimum Gasteiger partial charge on any atom is -0.352 e. The number of carbonyl (C=O) groups excluding carboxylic acids is 2. The van der Waals surface area contributed by atoms with Gasteiger partial charge in [-0.2, -0.15) is 0 Å². The molecule has 0 bridgehead atoms. The van der Waals surface area contributed by atoms with Gasteiger partial charge < -0.3 is 10.2 Å². The summed E-state index contributed by atoms with van der Waals surface area (Å²) in [7, 11) is 0. The Kier molecular flexibility index (Phi) is 8.01. The van der Waals surface area contributed by atoms with Gasteiger partial charge in [0.05, 0.1) is 6.42 Å². The zero-order valence-electron chi connectivity index (χ0n) is 18.4. The fourth-order valence-corrected chi connectivity index (χ4v) is 4.53. The molecule has 0 unspecified atom stereocenters. The minimum absolute atomic E-state index is 0.131. The van der Waals surface area contributed by atoms with E-state index in [0.717, 1.165) is 36.8 Å². The average Bonchev–Trinajstić information content (AvgIpc) is 3.23. The molecule has 31 heavy (non-hydrogen) atoms. The van der Waals surface area contributed by atoms with Crippen molar-refractivity contribution in [1.29, 1.82) is 0 Å². The molecule has 1 saturated carbocycles. The van der Waals surface area contributed by atoms with Crippen molar-refractivity contribution in [3.05, 3.63) is 68.7 Å². The number of hydrogen-bond acceptors (Lipinski definition) is 2. The van der Waals surface area contributed by atoms with Gasteiger partial charge in [-0.1, -0.05) is 60.3 Å². The number of hydrogen-bond donors (Lipinski definition) is 1. The SMILES string of the molecule is Cc1ccc(CC(=O)N(Cc2c(Cl)cccc2Cl)[C@H](C)C(=O)NC2CCCC2)cc1C. The van der Waals surface area contributed by atoms with E-state index in [1.54, 1.807) is 30.0 Å². The number of nitrogens with zero attached hydrogens (tertiary/aromatic N) is 1. The van der Waals surface area contributed by atoms with Gasteiger partial charge in [0.15, 0.2) is 0 Å². The highest BCUT2D eigenvalue weighted by atomic mass is 35.5. The molecule has 1 atom stereocenters. The maximum Gasteiger partial charge on any atom is 0.242 e. The lowest BCUT2D eigenvalue weighted by Gasteiger charge is -2.30. The van der Waals surface area contributed by atoms with Crippen LogP contribution in [-0.2, 0) is 22.6 Å². The van der Waals surface area contributed by atoms with E-state index in [9.17, 15) is 9.59 Å². The molecular weight excluding hydrogens is 431 g/mol. The van der Waals surface area contributed by atoms with Gasteiger partial charge in [-0.05, 0) is 62.4 Å². The number of rotatable bonds is 7. The monoisotopic (exact) mass is 460 g/mol. The van der Waals surface area contributed by atoms with Crippen molar-refractivity contribution in [1.82, 2.24) is 10.2 Å². The molecule has 0 spiro atoms. The first-order valence-corrected chi connectivity index (χ1v) is 11.6. The first-order chi connectivity index (χ1) is 14.8. The Morgan fingerprint density at radius 2 is 1.71 bits per heavy atom. The zero-order valence-corrected chi connectivity index (χ0v) is 19.9. The quantitative estimate of drug-likeness (QED) is 0.581. The van der Waals surface area contributed by atoms with Crippen molar-refractivity contribution in [2.45, 2.75) is 71.5 Å². The standard InChI is InChI=1S/C25H30Cl2N2O2/c1-16-11-12-19(13-17(16)2)14-24(30)29(15-21-22(26)9-6-10-23(21)27)18(3)25(31)28-20-7-4-5-8-20/h6,9-13,18,20H,4-5,7-8,14-15H2,1-3H3,(H,28,31)/t18-/m1/s1. The first-order valence-electron chi connectivity index (χ1n) is 10.8. The Hall–Kier alpha value is -2.04. The Bertz CT molecular complexity index is 934. The smallest absolute Gasteiger partial charge is 0.242 e. The van der Waals surface area contributed by atoms with Crippen LogP contribution < -0.4 is 5.32 Å². The molecule has 1 aliphatic rings. The molecule has 1 aliphatic carbocycles. The summed E-state index contributed by atoms with van der Waals surface area (Å²) in [5.74, 6) is -0.267. The molecule has 0 heterocycles. The van der Waals surface area contributed by atoms with Crippen LogP contribution in [0.25, 0.3) is 0 Å². The van der Waals surface area contributed by atoms with Crippen molar-refractivity contribution in [2.75, 3.05) is 0 Å². The van der Waals surface area contributed by atoms with Gasteiger partial charge in [-0.3, -0.25) is 9.59 Å². The maximum atomic E-state index is 13.4. The Morgan fingerprint density at radius 3 is 2.32 bits per heavy atom. The number of halogens is 2. The molecular formula is C25H30Cl2N2O2. The summed E-state index contributed by atoms with van der Waals surface area (Å²) < 4.78 is 0. The second kappa shape index (κ2) is 10.5. The highest BCUT2D eigenvalue weighted by Crippen LogP contribution is 2.27. The van der Waals surface area contributed by atoms with Crippen LogP contribution in [0.4, 0.5) is 0 Å². The summed E-state index contributed by atoms with van der Waals surface area (Å²) in [6, 6.07) is 10.8. The van der Waals surface area contributed by atoms with Crippen molar-refractivity contribution in [2.24, 2.45) is 0 Å². The van der Waals surface area contributed by atoms with Gasteiger partial charge in [0.25, 0.3) is 0 Å². The molecule has 1 N–H and O–H groups in total. The van der Waals surface area contributed by atoms with Crippen LogP contribution >= 0.6 is 23.2 Å². The second-order valence-corrected chi connectivity index (χ2v) is 9.30. The van der Waals surface area contributed by atoms with Gasteiger partial charge in [-0.15, -0.1) is 0 Å². The van der Waals surface area contributed by atoms with Gasteiger partial charge in [-0.25, -0.2) is 0 Å². The van der Waals surface area contributed by atoms with E-state index in [0.29, 0.717) is 15.6 Å². The van der Waals surface area contributed by atoms with E-state index in [2.05, 4.69) is 5.32 Å². The fraction of sp³-hybridized carbons (Fsp3) is 0.440. The molecule has 0 radical (unpaired) electrons. The number of amides is 2. The topological polar surface area (TPSA) is 49.4 Å². The molecule has 0 aromatic heterocycles. The number of carbonyl (C=O) groups is 2. The molecule has 166 valence electrons. The molecule has 2 aromatic carbocycles. The molecule has 0 aliphatic heterocycles. The molecule has 2 aromatic rings. The van der Waals surface area contributed by atoms with Crippen LogP contribution in [0.1, 0.15) is 54.9 Å². The fourth-order valence-electron chi connectivity index (χ4n) is 4.02. The molecule has 6 heteroatoms. The Labute approximate surface area is 194 Å². The molecule has 4 nitrogen and oxygen atoms in total. The average molecular weight is 461 g/mol. The van der Waals surface area contributed by atoms with E-state index in [1.165, 1.54) is 5.56 Å².